The van der Waals surface area contributed by atoms with Crippen LogP contribution in [0, 0.1) is 5.82 Å². The Morgan fingerprint density at radius 1 is 1.45 bits per heavy atom. The summed E-state index contributed by atoms with van der Waals surface area (Å²) in [4.78, 5) is 12.1. The van der Waals surface area contributed by atoms with E-state index in [1.165, 1.54) is 11.9 Å². The van der Waals surface area contributed by atoms with Crippen molar-refractivity contribution >= 4 is 17.9 Å². The van der Waals surface area contributed by atoms with E-state index in [9.17, 15) is 22.4 Å². The number of nitrogens with one attached hydrogen (secondary N) is 1. The van der Waals surface area contributed by atoms with Crippen molar-refractivity contribution in [2.75, 3.05) is 12.8 Å². The van der Waals surface area contributed by atoms with Crippen molar-refractivity contribution < 1.29 is 22.4 Å². The predicted molar refractivity (Wildman–Crippen MR) is 76.5 cm³/mol. The zero-order valence-corrected chi connectivity index (χ0v) is 12.7. The lowest BCUT2D eigenvalue weighted by Crippen LogP contribution is -2.44. The highest BCUT2D eigenvalue weighted by Crippen LogP contribution is 2.32. The molecule has 0 saturated carbocycles. The highest BCUT2D eigenvalue weighted by molar-refractivity contribution is 7.97. The van der Waals surface area contributed by atoms with Crippen molar-refractivity contribution in [2.45, 2.75) is 31.6 Å². The lowest BCUT2D eigenvalue weighted by molar-refractivity contribution is -0.138. The minimum absolute atomic E-state index is 0.145. The Labute approximate surface area is 130 Å². The zero-order valence-electron chi connectivity index (χ0n) is 11.9. The Morgan fingerprint density at radius 3 is 2.82 bits per heavy atom. The number of carbonyl (C=O) groups is 1. The third-order valence-corrected chi connectivity index (χ3v) is 4.62. The molecule has 1 heterocycles. The van der Waals surface area contributed by atoms with E-state index in [1.54, 1.807) is 7.05 Å². The summed E-state index contributed by atoms with van der Waals surface area (Å²) in [6.07, 6.45) is -3.10. The van der Waals surface area contributed by atoms with E-state index < -0.39 is 17.6 Å². The number of halogens is 4. The first-order chi connectivity index (χ1) is 10.3. The van der Waals surface area contributed by atoms with Gasteiger partial charge in [0.05, 0.1) is 11.6 Å². The summed E-state index contributed by atoms with van der Waals surface area (Å²) < 4.78 is 53.5. The van der Waals surface area contributed by atoms with Crippen LogP contribution in [0.1, 0.15) is 24.0 Å². The van der Waals surface area contributed by atoms with Gasteiger partial charge in [0.25, 0.3) is 0 Å². The molecule has 1 aromatic rings. The van der Waals surface area contributed by atoms with Gasteiger partial charge in [0.2, 0.25) is 5.91 Å². The van der Waals surface area contributed by atoms with E-state index in [4.69, 9.17) is 0 Å². The van der Waals surface area contributed by atoms with Gasteiger partial charge in [-0.25, -0.2) is 8.70 Å². The molecule has 1 fully saturated rings. The highest BCUT2D eigenvalue weighted by Gasteiger charge is 2.34. The molecule has 1 aliphatic heterocycles. The predicted octanol–water partition coefficient (Wildman–Crippen LogP) is 3.20. The van der Waals surface area contributed by atoms with Gasteiger partial charge in [-0.15, -0.1) is 0 Å². The van der Waals surface area contributed by atoms with Crippen molar-refractivity contribution in [1.29, 1.82) is 0 Å². The molecule has 1 N–H and O–H groups in total. The Kier molecular flexibility index (Phi) is 5.33. The van der Waals surface area contributed by atoms with Gasteiger partial charge in [-0.1, -0.05) is 18.0 Å². The Bertz CT molecular complexity index is 550. The maximum Gasteiger partial charge on any atom is 0.416 e. The van der Waals surface area contributed by atoms with Gasteiger partial charge in [-0.2, -0.15) is 13.2 Å². The summed E-state index contributed by atoms with van der Waals surface area (Å²) in [5.41, 5.74) is -1.20. The van der Waals surface area contributed by atoms with Crippen molar-refractivity contribution in [2.24, 2.45) is 0 Å². The monoisotopic (exact) mass is 336 g/mol. The topological polar surface area (TPSA) is 32.3 Å². The summed E-state index contributed by atoms with van der Waals surface area (Å²) in [5.74, 6) is -0.339. The molecule has 22 heavy (non-hydrogen) atoms. The van der Waals surface area contributed by atoms with Gasteiger partial charge in [-0.05, 0) is 37.6 Å². The van der Waals surface area contributed by atoms with Gasteiger partial charge in [-0.3, -0.25) is 4.79 Å². The van der Waals surface area contributed by atoms with Gasteiger partial charge < -0.3 is 5.32 Å². The minimum Gasteiger partial charge on any atom is -0.351 e. The molecule has 0 aromatic heterocycles. The maximum absolute atomic E-state index is 13.0. The Hall–Kier alpha value is -1.28. The van der Waals surface area contributed by atoms with Crippen molar-refractivity contribution in [1.82, 2.24) is 9.62 Å². The number of amides is 1. The van der Waals surface area contributed by atoms with Gasteiger partial charge in [0.15, 0.2) is 0 Å². The smallest absolute Gasteiger partial charge is 0.351 e. The Balaban J connectivity index is 2.06. The number of carbonyl (C=O) groups excluding carboxylic acids is 1. The number of nitrogens with zero attached hydrogens (tertiary/aromatic N) is 1. The van der Waals surface area contributed by atoms with Crippen LogP contribution in [0.25, 0.3) is 0 Å². The second-order valence-corrected chi connectivity index (χ2v) is 6.30. The third-order valence-electron chi connectivity index (χ3n) is 3.49. The van der Waals surface area contributed by atoms with Crippen molar-refractivity contribution in [3.05, 3.63) is 35.1 Å². The molecule has 8 heteroatoms. The number of alkyl halides is 3. The molecule has 1 saturated heterocycles. The third kappa shape index (κ3) is 4.13. The van der Waals surface area contributed by atoms with Gasteiger partial charge >= 0.3 is 6.18 Å². The second-order valence-electron chi connectivity index (χ2n) is 5.05. The zero-order chi connectivity index (χ0) is 16.3. The first-order valence-corrected chi connectivity index (χ1v) is 7.72. The van der Waals surface area contributed by atoms with Crippen LogP contribution in [0.2, 0.25) is 0 Å². The largest absolute Gasteiger partial charge is 0.416 e. The summed E-state index contributed by atoms with van der Waals surface area (Å²) in [6, 6.07) is 2.11. The lowest BCUT2D eigenvalue weighted by atomic mass is 10.1. The summed E-state index contributed by atoms with van der Waals surface area (Å²) in [6.45, 7) is -0.275. The molecule has 0 spiro atoms. The summed E-state index contributed by atoms with van der Waals surface area (Å²) in [7, 11) is 1.78. The molecule has 0 aliphatic carbocycles. The first-order valence-electron chi connectivity index (χ1n) is 6.78. The van der Waals surface area contributed by atoms with Gasteiger partial charge in [0.1, 0.15) is 5.82 Å². The quantitative estimate of drug-likeness (QED) is 0.680. The fraction of sp³-hybridized carbons (Fsp3) is 0.500. The normalized spacial score (nSPS) is 20.0. The van der Waals surface area contributed by atoms with Crippen LogP contribution in [0.15, 0.2) is 18.2 Å². The number of likely N-dealkylation sites (N-methyl/N-ethyl adjacent to an activating group) is 1. The molecule has 0 radical (unpaired) electrons. The molecule has 122 valence electrons. The molecule has 1 aromatic carbocycles. The van der Waals surface area contributed by atoms with E-state index in [1.807, 2.05) is 4.31 Å². The second kappa shape index (κ2) is 6.87. The molecule has 1 amide bonds. The van der Waals surface area contributed by atoms with E-state index >= 15 is 0 Å². The van der Waals surface area contributed by atoms with E-state index in [2.05, 4.69) is 5.32 Å². The summed E-state index contributed by atoms with van der Waals surface area (Å²) in [5, 5.41) is 2.51. The molecule has 2 rings (SSSR count). The molecular formula is C14H16F4N2OS. The molecular weight excluding hydrogens is 320 g/mol. The van der Waals surface area contributed by atoms with E-state index in [-0.39, 0.29) is 24.1 Å². The minimum atomic E-state index is -4.65. The molecule has 3 nitrogen and oxygen atoms in total. The van der Waals surface area contributed by atoms with Crippen molar-refractivity contribution in [3.8, 4) is 0 Å². The maximum atomic E-state index is 13.0. The fourth-order valence-electron chi connectivity index (χ4n) is 2.32. The molecule has 0 bridgehead atoms. The average molecular weight is 336 g/mol. The number of hydrogen-bond acceptors (Lipinski definition) is 3. The van der Waals surface area contributed by atoms with E-state index in [0.29, 0.717) is 12.5 Å². The lowest BCUT2D eigenvalue weighted by Gasteiger charge is -2.30. The van der Waals surface area contributed by atoms with Crippen LogP contribution < -0.4 is 5.32 Å². The first kappa shape index (κ1) is 17.1. The van der Waals surface area contributed by atoms with Crippen LogP contribution in [0.3, 0.4) is 0 Å². The SMILES string of the molecule is CN1SCCCC1C(=O)NCc1ccc(F)cc1C(F)(F)F. The average Bonchev–Trinajstić information content (AvgIpc) is 2.45. The summed E-state index contributed by atoms with van der Waals surface area (Å²) >= 11 is 1.53. The number of benzene rings is 1. The molecule has 1 unspecified atom stereocenters. The molecule has 1 atom stereocenters. The standard InChI is InChI=1S/C14H16F4N2OS/c1-20-12(3-2-6-22-20)13(21)19-8-9-4-5-10(15)7-11(9)14(16,17)18/h4-5,7,12H,2-3,6,8H2,1H3,(H,19,21). The fourth-order valence-corrected chi connectivity index (χ4v) is 3.28. The van der Waals surface area contributed by atoms with Gasteiger partial charge in [0, 0.05) is 12.3 Å². The molecule has 1 aliphatic rings. The highest BCUT2D eigenvalue weighted by atomic mass is 32.2. The number of rotatable bonds is 3. The van der Waals surface area contributed by atoms with Crippen molar-refractivity contribution in [3.63, 3.8) is 0 Å². The Morgan fingerprint density at radius 2 is 2.18 bits per heavy atom. The van der Waals surface area contributed by atoms with E-state index in [0.717, 1.165) is 24.3 Å². The van der Waals surface area contributed by atoms with Crippen LogP contribution in [-0.2, 0) is 17.5 Å². The van der Waals surface area contributed by atoms with Crippen LogP contribution in [0.5, 0.6) is 0 Å². The van der Waals surface area contributed by atoms with Crippen LogP contribution in [-0.4, -0.2) is 29.1 Å². The number of hydrogen-bond donors (Lipinski definition) is 1. The van der Waals surface area contributed by atoms with Crippen LogP contribution >= 0.6 is 11.9 Å². The van der Waals surface area contributed by atoms with Crippen LogP contribution in [0.4, 0.5) is 17.6 Å².